The number of amides is 1. The summed E-state index contributed by atoms with van der Waals surface area (Å²) in [5, 5.41) is 10.4. The summed E-state index contributed by atoms with van der Waals surface area (Å²) in [6.45, 7) is 6.19. The average Bonchev–Trinajstić information content (AvgIpc) is 3.36. The van der Waals surface area contributed by atoms with Gasteiger partial charge in [0.1, 0.15) is 5.60 Å². The van der Waals surface area contributed by atoms with E-state index in [0.717, 1.165) is 29.5 Å². The number of nitrogens with zero attached hydrogens (tertiary/aromatic N) is 3. The van der Waals surface area contributed by atoms with Crippen molar-refractivity contribution < 1.29 is 19.4 Å². The third kappa shape index (κ3) is 3.97. The number of imidazole rings is 1. The summed E-state index contributed by atoms with van der Waals surface area (Å²) < 4.78 is 15.0. The smallest absolute Gasteiger partial charge is 0.253 e. The van der Waals surface area contributed by atoms with E-state index >= 15 is 0 Å². The van der Waals surface area contributed by atoms with E-state index in [1.165, 1.54) is 0 Å². The minimum Gasteiger partial charge on any atom is -0.504 e. The Balaban J connectivity index is 1.19. The topological polar surface area (TPSA) is 76.8 Å². The fourth-order valence-corrected chi connectivity index (χ4v) is 6.06. The Morgan fingerprint density at radius 1 is 1.23 bits per heavy atom. The van der Waals surface area contributed by atoms with Crippen molar-refractivity contribution in [1.82, 2.24) is 14.5 Å². The number of phenolic OH excluding ortho intramolecular Hbond substituents is 1. The number of aromatic nitrogens is 2. The van der Waals surface area contributed by atoms with Gasteiger partial charge in [0.05, 0.1) is 18.5 Å². The molecule has 0 saturated carbocycles. The van der Waals surface area contributed by atoms with Crippen molar-refractivity contribution in [1.29, 1.82) is 0 Å². The highest BCUT2D eigenvalue weighted by molar-refractivity contribution is 5.94. The molecule has 2 saturated heterocycles. The molecule has 1 N–H and O–H groups in total. The van der Waals surface area contributed by atoms with Crippen LogP contribution in [0.2, 0.25) is 0 Å². The van der Waals surface area contributed by atoms with E-state index < -0.39 is 5.60 Å². The van der Waals surface area contributed by atoms with Crippen LogP contribution in [0.3, 0.4) is 0 Å². The summed E-state index contributed by atoms with van der Waals surface area (Å²) in [5.41, 5.74) is 2.26. The highest BCUT2D eigenvalue weighted by atomic mass is 16.5. The third-order valence-electron chi connectivity index (χ3n) is 7.88. The van der Waals surface area contributed by atoms with E-state index in [9.17, 15) is 9.90 Å². The van der Waals surface area contributed by atoms with Gasteiger partial charge in [0.2, 0.25) is 0 Å². The SMILES string of the molecule is CC1(C)Oc2c(O)cccc2[C@H]2O[C@H]3CCN(C(=O)c4cccc(Cn5ccnc5)c4)C[C@H]3C[C@@H]21. The fraction of sp³-hybridized carbons (Fsp3) is 0.429. The molecule has 35 heavy (non-hydrogen) atoms. The Hall–Kier alpha value is -3.32. The van der Waals surface area contributed by atoms with Crippen LogP contribution in [0.25, 0.3) is 0 Å². The number of aromatic hydroxyl groups is 1. The Kier molecular flexibility index (Phi) is 5.33. The zero-order valence-electron chi connectivity index (χ0n) is 20.1. The summed E-state index contributed by atoms with van der Waals surface area (Å²) in [4.78, 5) is 19.5. The molecule has 1 amide bonds. The maximum Gasteiger partial charge on any atom is 0.253 e. The highest BCUT2D eigenvalue weighted by Gasteiger charge is 2.52. The summed E-state index contributed by atoms with van der Waals surface area (Å²) in [7, 11) is 0. The van der Waals surface area contributed by atoms with Crippen molar-refractivity contribution in [3.63, 3.8) is 0 Å². The van der Waals surface area contributed by atoms with Crippen molar-refractivity contribution in [3.8, 4) is 11.5 Å². The van der Waals surface area contributed by atoms with Crippen LogP contribution in [-0.4, -0.2) is 50.3 Å². The number of phenols is 1. The lowest BCUT2D eigenvalue weighted by Crippen LogP contribution is -2.56. The number of fused-ring (bicyclic) bond motifs is 4. The molecule has 7 heteroatoms. The van der Waals surface area contributed by atoms with Gasteiger partial charge in [-0.15, -0.1) is 0 Å². The van der Waals surface area contributed by atoms with Crippen LogP contribution in [0.4, 0.5) is 0 Å². The number of piperidine rings is 1. The molecule has 4 heterocycles. The maximum atomic E-state index is 13.5. The highest BCUT2D eigenvalue weighted by Crippen LogP contribution is 2.54. The van der Waals surface area contributed by atoms with E-state index in [1.807, 2.05) is 52.1 Å². The van der Waals surface area contributed by atoms with Crippen LogP contribution in [0.15, 0.2) is 61.2 Å². The van der Waals surface area contributed by atoms with Gasteiger partial charge in [0.15, 0.2) is 11.5 Å². The van der Waals surface area contributed by atoms with Gasteiger partial charge < -0.3 is 24.0 Å². The van der Waals surface area contributed by atoms with Crippen LogP contribution >= 0.6 is 0 Å². The molecule has 4 atom stereocenters. The van der Waals surface area contributed by atoms with Crippen LogP contribution in [-0.2, 0) is 11.3 Å². The van der Waals surface area contributed by atoms with Crippen LogP contribution < -0.4 is 4.74 Å². The van der Waals surface area contributed by atoms with Crippen LogP contribution in [0, 0.1) is 11.8 Å². The summed E-state index contributed by atoms with van der Waals surface area (Å²) >= 11 is 0. The minimum absolute atomic E-state index is 0.0764. The number of hydrogen-bond acceptors (Lipinski definition) is 5. The van der Waals surface area contributed by atoms with Crippen molar-refractivity contribution in [3.05, 3.63) is 77.9 Å². The van der Waals surface area contributed by atoms with Crippen molar-refractivity contribution in [2.45, 2.75) is 51.0 Å². The Morgan fingerprint density at radius 2 is 2.09 bits per heavy atom. The van der Waals surface area contributed by atoms with Gasteiger partial charge in [-0.2, -0.15) is 0 Å². The monoisotopic (exact) mass is 473 g/mol. The second-order valence-electron chi connectivity index (χ2n) is 10.6. The first kappa shape index (κ1) is 22.2. The molecule has 3 aliphatic rings. The lowest BCUT2D eigenvalue weighted by molar-refractivity contribution is -0.184. The lowest BCUT2D eigenvalue weighted by Gasteiger charge is -2.53. The Labute approximate surface area is 205 Å². The number of hydrogen-bond donors (Lipinski definition) is 1. The van der Waals surface area contributed by atoms with Crippen LogP contribution in [0.5, 0.6) is 11.5 Å². The molecule has 2 aromatic carbocycles. The van der Waals surface area contributed by atoms with Gasteiger partial charge in [-0.05, 0) is 50.5 Å². The number of likely N-dealkylation sites (tertiary alicyclic amines) is 1. The normalized spacial score (nSPS) is 26.7. The number of para-hydroxylation sites is 1. The molecule has 0 bridgehead atoms. The predicted molar refractivity (Wildman–Crippen MR) is 130 cm³/mol. The number of benzene rings is 2. The van der Waals surface area contributed by atoms with Gasteiger partial charge in [0.25, 0.3) is 5.91 Å². The number of carbonyl (C=O) groups is 1. The molecule has 3 aliphatic heterocycles. The molecule has 6 rings (SSSR count). The van der Waals surface area contributed by atoms with E-state index in [1.54, 1.807) is 18.6 Å². The van der Waals surface area contributed by atoms with Gasteiger partial charge in [-0.25, -0.2) is 4.98 Å². The second-order valence-corrected chi connectivity index (χ2v) is 10.6. The molecule has 0 radical (unpaired) electrons. The van der Waals surface area contributed by atoms with Crippen molar-refractivity contribution in [2.75, 3.05) is 13.1 Å². The zero-order valence-corrected chi connectivity index (χ0v) is 20.1. The average molecular weight is 474 g/mol. The standard InChI is InChI=1S/C28H31N3O4/c1-28(2)22-14-20-16-31(27(33)19-6-3-5-18(13-19)15-30-12-10-29-17-30)11-9-24(20)34-25(22)21-7-4-8-23(32)26(21)35-28/h3-8,10,12-13,17,20,22,24-25,32H,9,11,14-16H2,1-2H3/t20-,22+,24+,25-/m1/s1. The summed E-state index contributed by atoms with van der Waals surface area (Å²) in [6, 6.07) is 13.4. The third-order valence-corrected chi connectivity index (χ3v) is 7.88. The molecule has 2 fully saturated rings. The summed E-state index contributed by atoms with van der Waals surface area (Å²) in [6.07, 6.45) is 7.18. The number of ether oxygens (including phenoxy) is 2. The Bertz CT molecular complexity index is 1240. The van der Waals surface area contributed by atoms with Gasteiger partial charge in [-0.3, -0.25) is 4.79 Å². The maximum absolute atomic E-state index is 13.5. The van der Waals surface area contributed by atoms with Crippen molar-refractivity contribution in [2.24, 2.45) is 11.8 Å². The molecule has 0 unspecified atom stereocenters. The first-order valence-corrected chi connectivity index (χ1v) is 12.4. The predicted octanol–water partition coefficient (Wildman–Crippen LogP) is 4.42. The van der Waals surface area contributed by atoms with E-state index in [2.05, 4.69) is 18.8 Å². The van der Waals surface area contributed by atoms with Crippen LogP contribution in [0.1, 0.15) is 54.3 Å². The van der Waals surface area contributed by atoms with Gasteiger partial charge >= 0.3 is 0 Å². The quantitative estimate of drug-likeness (QED) is 0.610. The number of carbonyl (C=O) groups excluding carboxylic acids is 1. The molecule has 3 aromatic rings. The molecule has 182 valence electrons. The summed E-state index contributed by atoms with van der Waals surface area (Å²) in [5.74, 6) is 1.18. The zero-order chi connectivity index (χ0) is 24.2. The Morgan fingerprint density at radius 3 is 2.91 bits per heavy atom. The van der Waals surface area contributed by atoms with E-state index in [-0.39, 0.29) is 35.7 Å². The van der Waals surface area contributed by atoms with E-state index in [0.29, 0.717) is 25.4 Å². The fourth-order valence-electron chi connectivity index (χ4n) is 6.06. The molecular formula is C28H31N3O4. The number of rotatable bonds is 3. The van der Waals surface area contributed by atoms with E-state index in [4.69, 9.17) is 9.47 Å². The molecule has 0 aliphatic carbocycles. The molecule has 1 aromatic heterocycles. The molecular weight excluding hydrogens is 442 g/mol. The molecule has 0 spiro atoms. The lowest BCUT2D eigenvalue weighted by atomic mass is 9.70. The minimum atomic E-state index is -0.477. The van der Waals surface area contributed by atoms with Gasteiger partial charge in [-0.1, -0.05) is 24.3 Å². The van der Waals surface area contributed by atoms with Gasteiger partial charge in [0, 0.05) is 55.0 Å². The molecule has 7 nitrogen and oxygen atoms in total. The largest absolute Gasteiger partial charge is 0.504 e. The van der Waals surface area contributed by atoms with Crippen molar-refractivity contribution >= 4 is 5.91 Å². The first-order valence-electron chi connectivity index (χ1n) is 12.4. The second kappa shape index (κ2) is 8.41. The first-order chi connectivity index (χ1) is 16.9.